The number of carboxylic acids is 1. The minimum Gasteiger partial charge on any atom is -0.480 e. The number of carboxylic acid groups (broad SMARTS) is 1. The first-order chi connectivity index (χ1) is 11.0. The van der Waals surface area contributed by atoms with Gasteiger partial charge in [0.25, 0.3) is 5.91 Å². The number of carbonyl (C=O) groups excluding carboxylic acids is 1. The molecular weight excluding hydrogens is 301 g/mol. The number of amides is 1. The smallest absolute Gasteiger partial charge is 0.335 e. The Morgan fingerprint density at radius 1 is 1.22 bits per heavy atom. The van der Waals surface area contributed by atoms with Crippen LogP contribution in [-0.2, 0) is 17.8 Å². The second-order valence-corrected chi connectivity index (χ2v) is 5.28. The molecule has 0 saturated heterocycles. The third-order valence-electron chi connectivity index (χ3n) is 3.66. The highest BCUT2D eigenvalue weighted by molar-refractivity contribution is 5.87. The van der Waals surface area contributed by atoms with Gasteiger partial charge >= 0.3 is 5.97 Å². The van der Waals surface area contributed by atoms with Crippen LogP contribution in [-0.4, -0.2) is 23.1 Å². The fourth-order valence-corrected chi connectivity index (χ4v) is 2.43. The van der Waals surface area contributed by atoms with Crippen LogP contribution < -0.4 is 10.1 Å². The lowest BCUT2D eigenvalue weighted by atomic mass is 10.1. The van der Waals surface area contributed by atoms with Gasteiger partial charge in [-0.15, -0.1) is 0 Å². The first-order valence-corrected chi connectivity index (χ1v) is 7.08. The molecule has 1 heterocycles. The summed E-state index contributed by atoms with van der Waals surface area (Å²) in [6.45, 7) is 0.267. The number of benzene rings is 2. The Balaban J connectivity index is 1.57. The molecule has 1 atom stereocenters. The molecule has 0 bridgehead atoms. The first-order valence-electron chi connectivity index (χ1n) is 7.08. The van der Waals surface area contributed by atoms with E-state index in [9.17, 15) is 14.0 Å². The van der Waals surface area contributed by atoms with Crippen molar-refractivity contribution in [2.45, 2.75) is 19.1 Å². The number of hydrogen-bond donors (Lipinski definition) is 2. The molecule has 6 heteroatoms. The van der Waals surface area contributed by atoms with Gasteiger partial charge in [0.1, 0.15) is 11.6 Å². The SMILES string of the molecule is O=C(O)c1ccc(CNC(=O)C2Cc3cc(F)ccc3O2)cc1. The number of nitrogens with one attached hydrogen (secondary N) is 1. The molecule has 2 N–H and O–H groups in total. The Kier molecular flexibility index (Phi) is 3.97. The van der Waals surface area contributed by atoms with Crippen molar-refractivity contribution in [3.8, 4) is 5.75 Å². The maximum atomic E-state index is 13.2. The van der Waals surface area contributed by atoms with Crippen LogP contribution in [0.4, 0.5) is 4.39 Å². The van der Waals surface area contributed by atoms with Gasteiger partial charge in [-0.3, -0.25) is 4.79 Å². The lowest BCUT2D eigenvalue weighted by molar-refractivity contribution is -0.127. The van der Waals surface area contributed by atoms with E-state index in [1.165, 1.54) is 30.3 Å². The van der Waals surface area contributed by atoms with Crippen molar-refractivity contribution in [2.75, 3.05) is 0 Å². The van der Waals surface area contributed by atoms with Gasteiger partial charge in [0.2, 0.25) is 0 Å². The normalized spacial score (nSPS) is 15.6. The minimum atomic E-state index is -0.995. The van der Waals surface area contributed by atoms with E-state index in [0.717, 1.165) is 5.56 Å². The molecule has 1 aliphatic rings. The lowest BCUT2D eigenvalue weighted by Crippen LogP contribution is -2.37. The summed E-state index contributed by atoms with van der Waals surface area (Å²) in [6.07, 6.45) is -0.346. The van der Waals surface area contributed by atoms with Crippen molar-refractivity contribution in [3.63, 3.8) is 0 Å². The average Bonchev–Trinajstić information content (AvgIpc) is 2.96. The highest BCUT2D eigenvalue weighted by atomic mass is 19.1. The summed E-state index contributed by atoms with van der Waals surface area (Å²) in [5.74, 6) is -1.11. The zero-order valence-corrected chi connectivity index (χ0v) is 12.1. The molecule has 1 aliphatic heterocycles. The topological polar surface area (TPSA) is 75.6 Å². The van der Waals surface area contributed by atoms with E-state index in [1.54, 1.807) is 12.1 Å². The summed E-state index contributed by atoms with van der Waals surface area (Å²) in [6, 6.07) is 10.4. The summed E-state index contributed by atoms with van der Waals surface area (Å²) >= 11 is 0. The zero-order valence-electron chi connectivity index (χ0n) is 12.1. The largest absolute Gasteiger partial charge is 0.480 e. The maximum absolute atomic E-state index is 13.2. The van der Waals surface area contributed by atoms with Crippen molar-refractivity contribution >= 4 is 11.9 Å². The van der Waals surface area contributed by atoms with E-state index < -0.39 is 12.1 Å². The highest BCUT2D eigenvalue weighted by Gasteiger charge is 2.29. The lowest BCUT2D eigenvalue weighted by Gasteiger charge is -2.11. The van der Waals surface area contributed by atoms with Crippen molar-refractivity contribution < 1.29 is 23.8 Å². The van der Waals surface area contributed by atoms with Crippen molar-refractivity contribution in [2.24, 2.45) is 0 Å². The third-order valence-corrected chi connectivity index (χ3v) is 3.66. The summed E-state index contributed by atoms with van der Waals surface area (Å²) in [5.41, 5.74) is 1.65. The van der Waals surface area contributed by atoms with Crippen LogP contribution in [0.2, 0.25) is 0 Å². The molecule has 3 rings (SSSR count). The number of aromatic carboxylic acids is 1. The molecule has 2 aromatic rings. The summed E-state index contributed by atoms with van der Waals surface area (Å²) in [4.78, 5) is 22.9. The Hall–Kier alpha value is -2.89. The number of ether oxygens (including phenoxy) is 1. The average molecular weight is 315 g/mol. The molecule has 118 valence electrons. The molecule has 2 aromatic carbocycles. The molecular formula is C17H14FNO4. The Labute approximate surface area is 131 Å². The fourth-order valence-electron chi connectivity index (χ4n) is 2.43. The number of carbonyl (C=O) groups is 2. The van der Waals surface area contributed by atoms with Gasteiger partial charge < -0.3 is 15.2 Å². The molecule has 0 fully saturated rings. The molecule has 23 heavy (non-hydrogen) atoms. The maximum Gasteiger partial charge on any atom is 0.335 e. The molecule has 1 unspecified atom stereocenters. The molecule has 0 spiro atoms. The van der Waals surface area contributed by atoms with Gasteiger partial charge in [-0.2, -0.15) is 0 Å². The van der Waals surface area contributed by atoms with Crippen molar-refractivity contribution in [1.29, 1.82) is 0 Å². The van der Waals surface area contributed by atoms with Crippen LogP contribution in [0, 0.1) is 5.82 Å². The summed E-state index contributed by atoms with van der Waals surface area (Å²) in [7, 11) is 0. The standard InChI is InChI=1S/C17H14FNO4/c18-13-5-6-14-12(7-13)8-15(23-14)16(20)19-9-10-1-3-11(4-2-10)17(21)22/h1-7,15H,8-9H2,(H,19,20)(H,21,22). The van der Waals surface area contributed by atoms with E-state index in [2.05, 4.69) is 5.32 Å². The van der Waals surface area contributed by atoms with Gasteiger partial charge in [0.05, 0.1) is 5.56 Å². The van der Waals surface area contributed by atoms with Crippen LogP contribution in [0.3, 0.4) is 0 Å². The van der Waals surface area contributed by atoms with Crippen LogP contribution in [0.5, 0.6) is 5.75 Å². The van der Waals surface area contributed by atoms with Gasteiger partial charge in [0, 0.05) is 18.5 Å². The van der Waals surface area contributed by atoms with E-state index in [1.807, 2.05) is 0 Å². The van der Waals surface area contributed by atoms with Gasteiger partial charge in [0.15, 0.2) is 6.10 Å². The van der Waals surface area contributed by atoms with E-state index in [4.69, 9.17) is 9.84 Å². The molecule has 0 aliphatic carbocycles. The van der Waals surface area contributed by atoms with E-state index in [-0.39, 0.29) is 23.8 Å². The van der Waals surface area contributed by atoms with Crippen LogP contribution in [0.15, 0.2) is 42.5 Å². The quantitative estimate of drug-likeness (QED) is 0.906. The van der Waals surface area contributed by atoms with Gasteiger partial charge in [-0.1, -0.05) is 12.1 Å². The minimum absolute atomic E-state index is 0.191. The number of rotatable bonds is 4. The van der Waals surface area contributed by atoms with Crippen molar-refractivity contribution in [1.82, 2.24) is 5.32 Å². The zero-order chi connectivity index (χ0) is 16.4. The summed E-state index contributed by atoms with van der Waals surface area (Å²) < 4.78 is 18.7. The second kappa shape index (κ2) is 6.08. The fraction of sp³-hybridized carbons (Fsp3) is 0.176. The van der Waals surface area contributed by atoms with E-state index >= 15 is 0 Å². The van der Waals surface area contributed by atoms with E-state index in [0.29, 0.717) is 17.7 Å². The first kappa shape index (κ1) is 15.0. The molecule has 0 aromatic heterocycles. The third kappa shape index (κ3) is 3.31. The van der Waals surface area contributed by atoms with Gasteiger partial charge in [-0.25, -0.2) is 9.18 Å². The van der Waals surface area contributed by atoms with Crippen LogP contribution in [0.1, 0.15) is 21.5 Å². The number of hydrogen-bond acceptors (Lipinski definition) is 3. The number of fused-ring (bicyclic) bond motifs is 1. The predicted molar refractivity (Wildman–Crippen MR) is 79.8 cm³/mol. The molecule has 0 saturated carbocycles. The highest BCUT2D eigenvalue weighted by Crippen LogP contribution is 2.29. The van der Waals surface area contributed by atoms with Crippen LogP contribution in [0.25, 0.3) is 0 Å². The Morgan fingerprint density at radius 3 is 2.65 bits per heavy atom. The monoisotopic (exact) mass is 315 g/mol. The summed E-state index contributed by atoms with van der Waals surface area (Å²) in [5, 5.41) is 11.6. The molecule has 0 radical (unpaired) electrons. The Bertz CT molecular complexity index is 758. The molecule has 5 nitrogen and oxygen atoms in total. The predicted octanol–water partition coefficient (Wildman–Crippen LogP) is 2.14. The van der Waals surface area contributed by atoms with Gasteiger partial charge in [-0.05, 0) is 35.9 Å². The van der Waals surface area contributed by atoms with Crippen molar-refractivity contribution in [3.05, 3.63) is 65.0 Å². The second-order valence-electron chi connectivity index (χ2n) is 5.28. The molecule has 1 amide bonds. The Morgan fingerprint density at radius 2 is 1.96 bits per heavy atom. The number of halogens is 1. The van der Waals surface area contributed by atoms with Crippen LogP contribution >= 0.6 is 0 Å².